The van der Waals surface area contributed by atoms with Gasteiger partial charge in [0.1, 0.15) is 13.7 Å². The SMILES string of the molecule is Bc1cc(C)cnc1N. The van der Waals surface area contributed by atoms with Crippen molar-refractivity contribution in [3.05, 3.63) is 17.8 Å². The van der Waals surface area contributed by atoms with Crippen LogP contribution in [0.5, 0.6) is 0 Å². The van der Waals surface area contributed by atoms with Crippen LogP contribution >= 0.6 is 0 Å². The number of nitrogen functional groups attached to an aromatic ring is 1. The number of anilines is 1. The molecule has 9 heavy (non-hydrogen) atoms. The van der Waals surface area contributed by atoms with Crippen LogP contribution in [0.3, 0.4) is 0 Å². The van der Waals surface area contributed by atoms with Crippen LogP contribution in [0.2, 0.25) is 0 Å². The molecule has 3 heteroatoms. The minimum Gasteiger partial charge on any atom is -0.384 e. The van der Waals surface area contributed by atoms with Gasteiger partial charge in [0.15, 0.2) is 0 Å². The molecule has 0 fully saturated rings. The second-order valence-electron chi connectivity index (χ2n) is 2.21. The van der Waals surface area contributed by atoms with Gasteiger partial charge in [0.05, 0.1) is 0 Å². The number of hydrogen-bond donors (Lipinski definition) is 1. The highest BCUT2D eigenvalue weighted by atomic mass is 14.8. The van der Waals surface area contributed by atoms with Crippen molar-refractivity contribution in [2.24, 2.45) is 0 Å². The zero-order valence-electron chi connectivity index (χ0n) is 5.68. The molecule has 46 valence electrons. The van der Waals surface area contributed by atoms with Crippen LogP contribution in [0.15, 0.2) is 12.3 Å². The topological polar surface area (TPSA) is 38.9 Å². The van der Waals surface area contributed by atoms with Crippen LogP contribution < -0.4 is 11.2 Å². The molecule has 0 amide bonds. The quantitative estimate of drug-likeness (QED) is 0.456. The first-order valence-corrected chi connectivity index (χ1v) is 2.89. The molecule has 0 saturated carbocycles. The van der Waals surface area contributed by atoms with Crippen molar-refractivity contribution >= 4 is 19.1 Å². The van der Waals surface area contributed by atoms with Crippen molar-refractivity contribution in [1.82, 2.24) is 4.98 Å². The average Bonchev–Trinajstić information content (AvgIpc) is 1.80. The monoisotopic (exact) mass is 120 g/mol. The Hall–Kier alpha value is -0.985. The van der Waals surface area contributed by atoms with Crippen LogP contribution in [-0.2, 0) is 0 Å². The standard InChI is InChI=1S/C6H9BN2/c1-4-2-5(7)6(8)9-3-4/h2-3H,7H2,1H3,(H2,8,9). The maximum absolute atomic E-state index is 5.48. The van der Waals surface area contributed by atoms with E-state index < -0.39 is 0 Å². The van der Waals surface area contributed by atoms with Gasteiger partial charge in [-0.15, -0.1) is 0 Å². The van der Waals surface area contributed by atoms with Gasteiger partial charge in [0.2, 0.25) is 0 Å². The van der Waals surface area contributed by atoms with E-state index >= 15 is 0 Å². The smallest absolute Gasteiger partial charge is 0.144 e. The molecular weight excluding hydrogens is 111 g/mol. The molecule has 0 atom stereocenters. The molecule has 1 aromatic heterocycles. The fraction of sp³-hybridized carbons (Fsp3) is 0.167. The van der Waals surface area contributed by atoms with E-state index in [4.69, 9.17) is 5.73 Å². The Bertz CT molecular complexity index is 222. The summed E-state index contributed by atoms with van der Waals surface area (Å²) in [5.41, 5.74) is 7.68. The molecule has 0 saturated heterocycles. The lowest BCUT2D eigenvalue weighted by atomic mass is 9.96. The number of nitrogens with zero attached hydrogens (tertiary/aromatic N) is 1. The van der Waals surface area contributed by atoms with Gasteiger partial charge in [-0.05, 0) is 17.9 Å². The third-order valence-electron chi connectivity index (χ3n) is 1.26. The van der Waals surface area contributed by atoms with Gasteiger partial charge in [0, 0.05) is 6.20 Å². The van der Waals surface area contributed by atoms with Gasteiger partial charge < -0.3 is 5.73 Å². The van der Waals surface area contributed by atoms with Crippen molar-refractivity contribution in [1.29, 1.82) is 0 Å². The maximum atomic E-state index is 5.48. The second kappa shape index (κ2) is 2.09. The minimum absolute atomic E-state index is 0.626. The van der Waals surface area contributed by atoms with E-state index in [1.807, 2.05) is 20.8 Å². The Morgan fingerprint density at radius 3 is 2.78 bits per heavy atom. The molecule has 0 aromatic carbocycles. The lowest BCUT2D eigenvalue weighted by molar-refractivity contribution is 1.29. The summed E-state index contributed by atoms with van der Waals surface area (Å²) in [6, 6.07) is 2.02. The summed E-state index contributed by atoms with van der Waals surface area (Å²) in [7, 11) is 1.95. The summed E-state index contributed by atoms with van der Waals surface area (Å²) in [4.78, 5) is 3.96. The largest absolute Gasteiger partial charge is 0.384 e. The first-order chi connectivity index (χ1) is 4.20. The molecule has 1 aromatic rings. The number of aryl methyl sites for hydroxylation is 1. The van der Waals surface area contributed by atoms with Crippen molar-refractivity contribution < 1.29 is 0 Å². The van der Waals surface area contributed by atoms with Gasteiger partial charge >= 0.3 is 0 Å². The highest BCUT2D eigenvalue weighted by molar-refractivity contribution is 6.35. The Morgan fingerprint density at radius 1 is 1.67 bits per heavy atom. The average molecular weight is 120 g/mol. The lowest BCUT2D eigenvalue weighted by Crippen LogP contribution is -2.11. The predicted molar refractivity (Wildman–Crippen MR) is 41.6 cm³/mol. The molecule has 0 radical (unpaired) electrons. The van der Waals surface area contributed by atoms with E-state index in [-0.39, 0.29) is 0 Å². The molecular formula is C6H9BN2. The third-order valence-corrected chi connectivity index (χ3v) is 1.26. The molecule has 0 aliphatic heterocycles. The Morgan fingerprint density at radius 2 is 2.33 bits per heavy atom. The fourth-order valence-corrected chi connectivity index (χ4v) is 0.726. The van der Waals surface area contributed by atoms with E-state index in [1.54, 1.807) is 6.20 Å². The predicted octanol–water partition coefficient (Wildman–Crippen LogP) is -0.769. The third kappa shape index (κ3) is 1.22. The van der Waals surface area contributed by atoms with Crippen LogP contribution in [0, 0.1) is 6.92 Å². The molecule has 0 unspecified atom stereocenters. The summed E-state index contributed by atoms with van der Waals surface area (Å²) in [5, 5.41) is 0. The van der Waals surface area contributed by atoms with Crippen LogP contribution in [-0.4, -0.2) is 12.8 Å². The van der Waals surface area contributed by atoms with E-state index in [1.165, 1.54) is 0 Å². The number of hydrogen-bond acceptors (Lipinski definition) is 2. The van der Waals surface area contributed by atoms with Crippen molar-refractivity contribution in [3.63, 3.8) is 0 Å². The summed E-state index contributed by atoms with van der Waals surface area (Å²) in [6.45, 7) is 2.00. The normalized spacial score (nSPS) is 9.44. The fourth-order valence-electron chi connectivity index (χ4n) is 0.726. The number of pyridine rings is 1. The van der Waals surface area contributed by atoms with Crippen LogP contribution in [0.25, 0.3) is 0 Å². The molecule has 0 spiro atoms. The van der Waals surface area contributed by atoms with Crippen LogP contribution in [0.4, 0.5) is 5.82 Å². The van der Waals surface area contributed by atoms with Gasteiger partial charge in [-0.3, -0.25) is 0 Å². The molecule has 1 heterocycles. The van der Waals surface area contributed by atoms with E-state index in [9.17, 15) is 0 Å². The highest BCUT2D eigenvalue weighted by Crippen LogP contribution is 1.93. The van der Waals surface area contributed by atoms with Gasteiger partial charge in [-0.2, -0.15) is 0 Å². The highest BCUT2D eigenvalue weighted by Gasteiger charge is 1.91. The lowest BCUT2D eigenvalue weighted by Gasteiger charge is -1.97. The number of aromatic nitrogens is 1. The Labute approximate surface area is 55.5 Å². The van der Waals surface area contributed by atoms with E-state index in [2.05, 4.69) is 4.98 Å². The number of rotatable bonds is 0. The second-order valence-corrected chi connectivity index (χ2v) is 2.21. The zero-order valence-corrected chi connectivity index (χ0v) is 5.68. The van der Waals surface area contributed by atoms with Gasteiger partial charge in [-0.25, -0.2) is 4.98 Å². The maximum Gasteiger partial charge on any atom is 0.144 e. The summed E-state index contributed by atoms with van der Waals surface area (Å²) < 4.78 is 0. The minimum atomic E-state index is 0.626. The van der Waals surface area contributed by atoms with E-state index in [0.29, 0.717) is 5.82 Å². The summed E-state index contributed by atoms with van der Waals surface area (Å²) in [6.07, 6.45) is 1.77. The summed E-state index contributed by atoms with van der Waals surface area (Å²) in [5.74, 6) is 0.626. The molecule has 1 rings (SSSR count). The van der Waals surface area contributed by atoms with E-state index in [0.717, 1.165) is 11.0 Å². The van der Waals surface area contributed by atoms with Gasteiger partial charge in [0.25, 0.3) is 0 Å². The van der Waals surface area contributed by atoms with Crippen molar-refractivity contribution in [2.45, 2.75) is 6.92 Å². The zero-order chi connectivity index (χ0) is 6.85. The molecule has 0 aliphatic carbocycles. The molecule has 0 aliphatic rings. The van der Waals surface area contributed by atoms with Crippen molar-refractivity contribution in [3.8, 4) is 0 Å². The molecule has 0 bridgehead atoms. The summed E-state index contributed by atoms with van der Waals surface area (Å²) >= 11 is 0. The number of nitrogens with two attached hydrogens (primary N) is 1. The van der Waals surface area contributed by atoms with Crippen molar-refractivity contribution in [2.75, 3.05) is 5.73 Å². The molecule has 2 nitrogen and oxygen atoms in total. The first kappa shape index (κ1) is 6.14. The van der Waals surface area contributed by atoms with Crippen LogP contribution in [0.1, 0.15) is 5.56 Å². The first-order valence-electron chi connectivity index (χ1n) is 2.89. The van der Waals surface area contributed by atoms with Gasteiger partial charge in [-0.1, -0.05) is 6.07 Å². The Balaban J connectivity index is 3.17. The molecule has 2 N–H and O–H groups in total. The Kier molecular flexibility index (Phi) is 1.43.